The van der Waals surface area contributed by atoms with E-state index in [-0.39, 0.29) is 18.0 Å². The van der Waals surface area contributed by atoms with Gasteiger partial charge in [0.25, 0.3) is 11.8 Å². The standard InChI is InChI=1S/C22H23BrN2O4/c1-14(2)12-19(22(28)29)25-21(27)18(13-15-8-10-17(23)11-9-15)24-20(26)16-6-4-3-5-7-16/h3-11,13-14,19H,12H2,1-2H3,(H,24,26)(H,25,27)(H,28,29)/b18-13+/t19-/m1/s1. The first kappa shape index (κ1) is 22.4. The van der Waals surface area contributed by atoms with Crippen LogP contribution < -0.4 is 10.6 Å². The number of aliphatic carboxylic acids is 1. The van der Waals surface area contributed by atoms with Crippen molar-refractivity contribution in [3.8, 4) is 0 Å². The average molecular weight is 459 g/mol. The topological polar surface area (TPSA) is 95.5 Å². The van der Waals surface area contributed by atoms with Crippen LogP contribution >= 0.6 is 15.9 Å². The van der Waals surface area contributed by atoms with Crippen LogP contribution in [0.4, 0.5) is 0 Å². The average Bonchev–Trinajstić information content (AvgIpc) is 2.68. The highest BCUT2D eigenvalue weighted by molar-refractivity contribution is 9.10. The molecule has 29 heavy (non-hydrogen) atoms. The number of rotatable bonds is 8. The molecule has 0 radical (unpaired) electrons. The van der Waals surface area contributed by atoms with Crippen LogP contribution in [0.5, 0.6) is 0 Å². The van der Waals surface area contributed by atoms with Crippen LogP contribution in [0, 0.1) is 5.92 Å². The third kappa shape index (κ3) is 7.19. The Morgan fingerprint density at radius 1 is 1.03 bits per heavy atom. The summed E-state index contributed by atoms with van der Waals surface area (Å²) in [5.74, 6) is -2.16. The predicted octanol–water partition coefficient (Wildman–Crippen LogP) is 3.84. The predicted molar refractivity (Wildman–Crippen MR) is 115 cm³/mol. The lowest BCUT2D eigenvalue weighted by Gasteiger charge is -2.18. The van der Waals surface area contributed by atoms with E-state index in [2.05, 4.69) is 26.6 Å². The van der Waals surface area contributed by atoms with Crippen LogP contribution in [0.3, 0.4) is 0 Å². The highest BCUT2D eigenvalue weighted by Gasteiger charge is 2.24. The summed E-state index contributed by atoms with van der Waals surface area (Å²) in [4.78, 5) is 36.9. The van der Waals surface area contributed by atoms with Crippen LogP contribution in [0.25, 0.3) is 6.08 Å². The molecule has 0 aromatic heterocycles. The summed E-state index contributed by atoms with van der Waals surface area (Å²) < 4.78 is 0.872. The minimum absolute atomic E-state index is 0.0313. The van der Waals surface area contributed by atoms with Crippen LogP contribution in [0.15, 0.2) is 64.8 Å². The number of carboxylic acid groups (broad SMARTS) is 1. The Labute approximate surface area is 178 Å². The maximum atomic E-state index is 12.8. The lowest BCUT2D eigenvalue weighted by atomic mass is 10.0. The van der Waals surface area contributed by atoms with Crippen molar-refractivity contribution < 1.29 is 19.5 Å². The highest BCUT2D eigenvalue weighted by Crippen LogP contribution is 2.14. The molecular formula is C22H23BrN2O4. The fraction of sp³-hybridized carbons (Fsp3) is 0.227. The number of carboxylic acids is 1. The maximum Gasteiger partial charge on any atom is 0.326 e. The monoisotopic (exact) mass is 458 g/mol. The van der Waals surface area contributed by atoms with Crippen LogP contribution in [-0.4, -0.2) is 28.9 Å². The molecule has 0 aliphatic rings. The molecule has 7 heteroatoms. The summed E-state index contributed by atoms with van der Waals surface area (Å²) in [6.45, 7) is 3.75. The van der Waals surface area contributed by atoms with E-state index in [0.717, 1.165) is 4.47 Å². The quantitative estimate of drug-likeness (QED) is 0.523. The van der Waals surface area contributed by atoms with E-state index in [1.807, 2.05) is 13.8 Å². The zero-order valence-electron chi connectivity index (χ0n) is 16.2. The summed E-state index contributed by atoms with van der Waals surface area (Å²) in [5.41, 5.74) is 1.04. The molecular weight excluding hydrogens is 436 g/mol. The van der Waals surface area contributed by atoms with Gasteiger partial charge in [-0.3, -0.25) is 9.59 Å². The first-order chi connectivity index (χ1) is 13.8. The van der Waals surface area contributed by atoms with Crippen molar-refractivity contribution >= 4 is 39.8 Å². The first-order valence-electron chi connectivity index (χ1n) is 9.13. The van der Waals surface area contributed by atoms with E-state index in [4.69, 9.17) is 0 Å². The van der Waals surface area contributed by atoms with Gasteiger partial charge in [-0.15, -0.1) is 0 Å². The molecule has 0 aliphatic heterocycles. The Hall–Kier alpha value is -2.93. The molecule has 0 bridgehead atoms. The van der Waals surface area contributed by atoms with E-state index in [0.29, 0.717) is 11.1 Å². The van der Waals surface area contributed by atoms with Gasteiger partial charge in [0.15, 0.2) is 0 Å². The van der Waals surface area contributed by atoms with Crippen LogP contribution in [0.1, 0.15) is 36.2 Å². The Bertz CT molecular complexity index is 893. The summed E-state index contributed by atoms with van der Waals surface area (Å²) >= 11 is 3.35. The summed E-state index contributed by atoms with van der Waals surface area (Å²) in [5, 5.41) is 14.5. The molecule has 0 saturated heterocycles. The van der Waals surface area contributed by atoms with Crippen LogP contribution in [0.2, 0.25) is 0 Å². The fourth-order valence-corrected chi connectivity index (χ4v) is 2.86. The number of hydrogen-bond donors (Lipinski definition) is 3. The van der Waals surface area contributed by atoms with Gasteiger partial charge in [0.1, 0.15) is 11.7 Å². The number of nitrogens with one attached hydrogen (secondary N) is 2. The van der Waals surface area contributed by atoms with E-state index in [1.54, 1.807) is 54.6 Å². The zero-order valence-corrected chi connectivity index (χ0v) is 17.8. The van der Waals surface area contributed by atoms with E-state index in [9.17, 15) is 19.5 Å². The molecule has 152 valence electrons. The molecule has 3 N–H and O–H groups in total. The van der Waals surface area contributed by atoms with Gasteiger partial charge in [0.05, 0.1) is 0 Å². The molecule has 2 aromatic rings. The lowest BCUT2D eigenvalue weighted by molar-refractivity contribution is -0.141. The Morgan fingerprint density at radius 2 is 1.66 bits per heavy atom. The molecule has 0 spiro atoms. The second-order valence-corrected chi connectivity index (χ2v) is 7.84. The third-order valence-corrected chi connectivity index (χ3v) is 4.55. The lowest BCUT2D eigenvalue weighted by Crippen LogP contribution is -2.45. The van der Waals surface area contributed by atoms with E-state index >= 15 is 0 Å². The fourth-order valence-electron chi connectivity index (χ4n) is 2.60. The smallest absolute Gasteiger partial charge is 0.326 e. The molecule has 0 unspecified atom stereocenters. The van der Waals surface area contributed by atoms with Crippen molar-refractivity contribution in [2.24, 2.45) is 5.92 Å². The third-order valence-electron chi connectivity index (χ3n) is 4.02. The van der Waals surface area contributed by atoms with E-state index in [1.165, 1.54) is 6.08 Å². The number of carbonyl (C=O) groups is 3. The van der Waals surface area contributed by atoms with Crippen molar-refractivity contribution in [3.63, 3.8) is 0 Å². The summed E-state index contributed by atoms with van der Waals surface area (Å²) in [6.07, 6.45) is 1.79. The zero-order chi connectivity index (χ0) is 21.4. The van der Waals surface area contributed by atoms with Gasteiger partial charge in [-0.05, 0) is 48.2 Å². The molecule has 1 atom stereocenters. The molecule has 2 aromatic carbocycles. The number of halogens is 1. The Balaban J connectivity index is 2.30. The number of amides is 2. The number of carbonyl (C=O) groups excluding carboxylic acids is 2. The van der Waals surface area contributed by atoms with Gasteiger partial charge >= 0.3 is 5.97 Å². The molecule has 2 rings (SSSR count). The highest BCUT2D eigenvalue weighted by atomic mass is 79.9. The van der Waals surface area contributed by atoms with Gasteiger partial charge in [0, 0.05) is 10.0 Å². The Morgan fingerprint density at radius 3 is 2.21 bits per heavy atom. The molecule has 6 nitrogen and oxygen atoms in total. The number of benzene rings is 2. The number of hydrogen-bond acceptors (Lipinski definition) is 3. The van der Waals surface area contributed by atoms with Gasteiger partial charge in [-0.25, -0.2) is 4.79 Å². The molecule has 0 heterocycles. The van der Waals surface area contributed by atoms with Gasteiger partial charge in [-0.2, -0.15) is 0 Å². The van der Waals surface area contributed by atoms with E-state index < -0.39 is 23.8 Å². The molecule has 0 fully saturated rings. The van der Waals surface area contributed by atoms with Crippen molar-refractivity contribution in [1.82, 2.24) is 10.6 Å². The van der Waals surface area contributed by atoms with Crippen molar-refractivity contribution in [3.05, 3.63) is 75.9 Å². The summed E-state index contributed by atoms with van der Waals surface area (Å²) in [6, 6.07) is 14.6. The van der Waals surface area contributed by atoms with Crippen molar-refractivity contribution in [1.29, 1.82) is 0 Å². The second kappa shape index (κ2) is 10.6. The normalized spacial score (nSPS) is 12.3. The SMILES string of the molecule is CC(C)C[C@@H](NC(=O)/C(=C\c1ccc(Br)cc1)NC(=O)c1ccccc1)C(=O)O. The van der Waals surface area contributed by atoms with Gasteiger partial charge < -0.3 is 15.7 Å². The first-order valence-corrected chi connectivity index (χ1v) is 9.93. The van der Waals surface area contributed by atoms with Gasteiger partial charge in [0.2, 0.25) is 0 Å². The molecule has 0 saturated carbocycles. The minimum atomic E-state index is -1.12. The van der Waals surface area contributed by atoms with Gasteiger partial charge in [-0.1, -0.05) is 60.1 Å². The van der Waals surface area contributed by atoms with Crippen LogP contribution in [-0.2, 0) is 9.59 Å². The maximum absolute atomic E-state index is 12.8. The molecule has 0 aliphatic carbocycles. The second-order valence-electron chi connectivity index (χ2n) is 6.92. The minimum Gasteiger partial charge on any atom is -0.480 e. The van der Waals surface area contributed by atoms with Crippen molar-refractivity contribution in [2.45, 2.75) is 26.3 Å². The van der Waals surface area contributed by atoms with Crippen molar-refractivity contribution in [2.75, 3.05) is 0 Å². The largest absolute Gasteiger partial charge is 0.480 e. The summed E-state index contributed by atoms with van der Waals surface area (Å²) in [7, 11) is 0. The molecule has 2 amide bonds. The Kier molecular flexibility index (Phi) is 8.15.